The van der Waals surface area contributed by atoms with Crippen molar-refractivity contribution >= 4 is 17.8 Å². The number of piperidine rings is 1. The molecule has 0 radical (unpaired) electrons. The summed E-state index contributed by atoms with van der Waals surface area (Å²) in [4.78, 5) is 39.0. The van der Waals surface area contributed by atoms with Gasteiger partial charge in [-0.2, -0.15) is 0 Å². The molecule has 2 aliphatic heterocycles. The monoisotopic (exact) mass is 317 g/mol. The highest BCUT2D eigenvalue weighted by molar-refractivity contribution is 6.02. The van der Waals surface area contributed by atoms with Gasteiger partial charge in [0.05, 0.1) is 13.7 Å². The maximum atomic E-state index is 12.5. The van der Waals surface area contributed by atoms with Crippen LogP contribution >= 0.6 is 0 Å². The number of nitrogens with zero attached hydrogens (tertiary/aromatic N) is 2. The first kappa shape index (κ1) is 15.3. The van der Waals surface area contributed by atoms with Crippen LogP contribution in [0.4, 0.5) is 4.79 Å². The molecule has 1 N–H and O–H groups in total. The van der Waals surface area contributed by atoms with Gasteiger partial charge < -0.3 is 15.0 Å². The van der Waals surface area contributed by atoms with Crippen molar-refractivity contribution in [2.45, 2.75) is 18.9 Å². The molecule has 0 atom stereocenters. The third kappa shape index (κ3) is 2.99. The van der Waals surface area contributed by atoms with Crippen LogP contribution in [0.5, 0.6) is 5.75 Å². The minimum absolute atomic E-state index is 0.0386. The van der Waals surface area contributed by atoms with E-state index in [0.717, 1.165) is 0 Å². The minimum atomic E-state index is -0.324. The number of benzene rings is 1. The molecule has 7 nitrogen and oxygen atoms in total. The van der Waals surface area contributed by atoms with Gasteiger partial charge >= 0.3 is 6.03 Å². The molecular weight excluding hydrogens is 298 g/mol. The fourth-order valence-electron chi connectivity index (χ4n) is 3.05. The lowest BCUT2D eigenvalue weighted by molar-refractivity contribution is -0.127. The van der Waals surface area contributed by atoms with Crippen molar-refractivity contribution in [3.8, 4) is 5.75 Å². The number of rotatable bonds is 3. The number of ether oxygens (including phenoxy) is 1. The zero-order valence-electron chi connectivity index (χ0n) is 12.9. The van der Waals surface area contributed by atoms with Crippen LogP contribution in [0, 0.1) is 0 Å². The molecule has 7 heteroatoms. The van der Waals surface area contributed by atoms with Gasteiger partial charge in [0.1, 0.15) is 5.75 Å². The molecule has 0 spiro atoms. The summed E-state index contributed by atoms with van der Waals surface area (Å²) in [6.07, 6.45) is 1.22. The summed E-state index contributed by atoms with van der Waals surface area (Å²) in [5, 5.41) is 2.53. The number of hydrogen-bond donors (Lipinski definition) is 1. The predicted octanol–water partition coefficient (Wildman–Crippen LogP) is 0.852. The third-order valence-electron chi connectivity index (χ3n) is 4.33. The highest BCUT2D eigenvalue weighted by Gasteiger charge is 2.37. The topological polar surface area (TPSA) is 79.0 Å². The number of imide groups is 1. The Hall–Kier alpha value is -2.57. The van der Waals surface area contributed by atoms with Crippen molar-refractivity contribution < 1.29 is 19.1 Å². The summed E-state index contributed by atoms with van der Waals surface area (Å²) in [5.74, 6) is 0.483. The zero-order valence-corrected chi connectivity index (χ0v) is 12.9. The van der Waals surface area contributed by atoms with E-state index in [1.165, 1.54) is 4.90 Å². The van der Waals surface area contributed by atoms with Crippen molar-refractivity contribution in [2.75, 3.05) is 26.7 Å². The zero-order chi connectivity index (χ0) is 16.4. The Morgan fingerprint density at radius 1 is 1.17 bits per heavy atom. The highest BCUT2D eigenvalue weighted by atomic mass is 16.5. The predicted molar refractivity (Wildman–Crippen MR) is 82.2 cm³/mol. The van der Waals surface area contributed by atoms with Crippen LogP contribution in [-0.2, 0) is 4.79 Å². The van der Waals surface area contributed by atoms with Crippen LogP contribution < -0.4 is 10.1 Å². The average molecular weight is 317 g/mol. The van der Waals surface area contributed by atoms with E-state index < -0.39 is 0 Å². The van der Waals surface area contributed by atoms with Gasteiger partial charge in [-0.05, 0) is 37.1 Å². The Morgan fingerprint density at radius 3 is 2.35 bits per heavy atom. The van der Waals surface area contributed by atoms with Crippen LogP contribution in [0.15, 0.2) is 24.3 Å². The molecule has 2 heterocycles. The number of amides is 4. The lowest BCUT2D eigenvalue weighted by Gasteiger charge is -2.35. The van der Waals surface area contributed by atoms with Crippen LogP contribution in [0.1, 0.15) is 23.2 Å². The van der Waals surface area contributed by atoms with Crippen molar-refractivity contribution in [3.05, 3.63) is 29.8 Å². The number of nitrogens with one attached hydrogen (secondary N) is 1. The number of carbonyl (C=O) groups is 3. The number of hydrogen-bond acceptors (Lipinski definition) is 4. The van der Waals surface area contributed by atoms with E-state index in [1.54, 1.807) is 36.3 Å². The van der Waals surface area contributed by atoms with Gasteiger partial charge in [0.15, 0.2) is 0 Å². The SMILES string of the molecule is COc1ccc(C(=O)N2CCC(N3C(=O)CNC3=O)CC2)cc1. The van der Waals surface area contributed by atoms with E-state index in [1.807, 2.05) is 0 Å². The highest BCUT2D eigenvalue weighted by Crippen LogP contribution is 2.21. The Labute approximate surface area is 134 Å². The van der Waals surface area contributed by atoms with Gasteiger partial charge in [-0.25, -0.2) is 4.79 Å². The third-order valence-corrected chi connectivity index (χ3v) is 4.33. The quantitative estimate of drug-likeness (QED) is 0.838. The molecule has 0 aliphatic carbocycles. The van der Waals surface area contributed by atoms with Gasteiger partial charge in [0.25, 0.3) is 5.91 Å². The summed E-state index contributed by atoms with van der Waals surface area (Å²) in [5.41, 5.74) is 0.610. The fourth-order valence-corrected chi connectivity index (χ4v) is 3.05. The molecular formula is C16H19N3O4. The van der Waals surface area contributed by atoms with Gasteiger partial charge in [-0.1, -0.05) is 0 Å². The largest absolute Gasteiger partial charge is 0.497 e. The van der Waals surface area contributed by atoms with Gasteiger partial charge in [-0.3, -0.25) is 14.5 Å². The molecule has 0 bridgehead atoms. The molecule has 122 valence electrons. The molecule has 0 unspecified atom stereocenters. The van der Waals surface area contributed by atoms with Crippen LogP contribution in [0.3, 0.4) is 0 Å². The molecule has 1 aromatic carbocycles. The van der Waals surface area contributed by atoms with Gasteiger partial charge in [0.2, 0.25) is 5.91 Å². The summed E-state index contributed by atoms with van der Waals surface area (Å²) >= 11 is 0. The average Bonchev–Trinajstić information content (AvgIpc) is 2.93. The second-order valence-corrected chi connectivity index (χ2v) is 5.67. The van der Waals surface area contributed by atoms with Crippen molar-refractivity contribution in [1.82, 2.24) is 15.1 Å². The van der Waals surface area contributed by atoms with Crippen LogP contribution in [0.25, 0.3) is 0 Å². The van der Waals surface area contributed by atoms with Crippen LogP contribution in [0.2, 0.25) is 0 Å². The van der Waals surface area contributed by atoms with Crippen molar-refractivity contribution in [1.29, 1.82) is 0 Å². The van der Waals surface area contributed by atoms with Crippen LogP contribution in [-0.4, -0.2) is 60.4 Å². The Bertz CT molecular complexity index is 605. The lowest BCUT2D eigenvalue weighted by atomic mass is 10.0. The number of urea groups is 1. The number of carbonyl (C=O) groups excluding carboxylic acids is 3. The Kier molecular flexibility index (Phi) is 4.18. The lowest BCUT2D eigenvalue weighted by Crippen LogP contribution is -2.49. The van der Waals surface area contributed by atoms with Crippen molar-refractivity contribution in [3.63, 3.8) is 0 Å². The van der Waals surface area contributed by atoms with Crippen molar-refractivity contribution in [2.24, 2.45) is 0 Å². The summed E-state index contributed by atoms with van der Waals surface area (Å²) in [6.45, 7) is 1.14. The second kappa shape index (κ2) is 6.28. The maximum absolute atomic E-state index is 12.5. The van der Waals surface area contributed by atoms with E-state index in [-0.39, 0.29) is 30.4 Å². The van der Waals surface area contributed by atoms with Gasteiger partial charge in [0, 0.05) is 24.7 Å². The summed E-state index contributed by atoms with van der Waals surface area (Å²) in [7, 11) is 1.58. The molecule has 2 fully saturated rings. The first-order valence-corrected chi connectivity index (χ1v) is 7.63. The molecule has 2 saturated heterocycles. The fraction of sp³-hybridized carbons (Fsp3) is 0.438. The first-order valence-electron chi connectivity index (χ1n) is 7.63. The number of methoxy groups -OCH3 is 1. The summed E-state index contributed by atoms with van der Waals surface area (Å²) in [6, 6.07) is 6.55. The second-order valence-electron chi connectivity index (χ2n) is 5.67. The molecule has 23 heavy (non-hydrogen) atoms. The summed E-state index contributed by atoms with van der Waals surface area (Å²) < 4.78 is 5.09. The molecule has 4 amide bonds. The smallest absolute Gasteiger partial charge is 0.324 e. The first-order chi connectivity index (χ1) is 11.1. The number of likely N-dealkylation sites (tertiary alicyclic amines) is 1. The standard InChI is InChI=1S/C16H19N3O4/c1-23-13-4-2-11(3-5-13)15(21)18-8-6-12(7-9-18)19-14(20)10-17-16(19)22/h2-5,12H,6-10H2,1H3,(H,17,22). The van der Waals surface area contributed by atoms with E-state index in [0.29, 0.717) is 37.2 Å². The molecule has 3 rings (SSSR count). The van der Waals surface area contributed by atoms with E-state index in [9.17, 15) is 14.4 Å². The normalized spacial score (nSPS) is 19.0. The van der Waals surface area contributed by atoms with Gasteiger partial charge in [-0.15, -0.1) is 0 Å². The van der Waals surface area contributed by atoms with E-state index in [4.69, 9.17) is 4.74 Å². The molecule has 2 aliphatic rings. The molecule has 0 saturated carbocycles. The van der Waals surface area contributed by atoms with E-state index >= 15 is 0 Å². The Balaban J connectivity index is 1.60. The minimum Gasteiger partial charge on any atom is -0.497 e. The Morgan fingerprint density at radius 2 is 1.83 bits per heavy atom. The molecule has 0 aromatic heterocycles. The molecule has 1 aromatic rings. The van der Waals surface area contributed by atoms with E-state index in [2.05, 4.69) is 5.32 Å². The maximum Gasteiger partial charge on any atom is 0.324 e.